The van der Waals surface area contributed by atoms with Gasteiger partial charge in [0.2, 0.25) is 5.91 Å². The second-order valence-corrected chi connectivity index (χ2v) is 10.2. The van der Waals surface area contributed by atoms with Crippen molar-refractivity contribution in [1.82, 2.24) is 9.88 Å². The van der Waals surface area contributed by atoms with E-state index in [1.54, 1.807) is 18.3 Å². The highest BCUT2D eigenvalue weighted by atomic mass is 35.5. The van der Waals surface area contributed by atoms with Crippen LogP contribution in [-0.4, -0.2) is 57.0 Å². The Morgan fingerprint density at radius 3 is 2.68 bits per heavy atom. The van der Waals surface area contributed by atoms with E-state index in [0.717, 1.165) is 36.8 Å². The molecule has 4 N–H and O–H groups in total. The molecular weight excluding hydrogens is 496 g/mol. The minimum atomic E-state index is -0.851. The molecule has 3 atom stereocenters. The van der Waals surface area contributed by atoms with Crippen LogP contribution in [-0.2, 0) is 16.0 Å². The van der Waals surface area contributed by atoms with Gasteiger partial charge in [-0.25, -0.2) is 4.79 Å². The van der Waals surface area contributed by atoms with E-state index < -0.39 is 12.0 Å². The molecule has 4 rings (SSSR count). The van der Waals surface area contributed by atoms with Crippen molar-refractivity contribution in [3.8, 4) is 5.75 Å². The van der Waals surface area contributed by atoms with Crippen molar-refractivity contribution in [2.45, 2.75) is 50.9 Å². The number of fused-ring (bicyclic) bond motifs is 1. The summed E-state index contributed by atoms with van der Waals surface area (Å²) in [6, 6.07) is 6.27. The first-order valence-corrected chi connectivity index (χ1v) is 13.3. The predicted octanol–water partition coefficient (Wildman–Crippen LogP) is 4.81. The number of nitrogens with one attached hydrogen (secondary N) is 2. The fourth-order valence-electron chi connectivity index (χ4n) is 5.74. The summed E-state index contributed by atoms with van der Waals surface area (Å²) >= 11 is 5.88. The molecule has 1 saturated heterocycles. The summed E-state index contributed by atoms with van der Waals surface area (Å²) in [5.41, 5.74) is 2.69. The summed E-state index contributed by atoms with van der Waals surface area (Å²) in [7, 11) is 0. The standard InChI is InChI=1S/C27H33ClN4O5/c28-12-25(34)32-15-18-5-1-2-6-21(18)23(16-32)22-9-8-20(33)11-24(22)31-27(37)30-19-10-17(13-29-14-19)4-3-7-26(35)36/h8-11,13-14,18,21,23,33H,1-7,12,15-16H2,(H,35,36)(H2,30,31,37). The van der Waals surface area contributed by atoms with Gasteiger partial charge in [-0.2, -0.15) is 0 Å². The number of likely N-dealkylation sites (tertiary alicyclic amines) is 1. The Morgan fingerprint density at radius 1 is 1.08 bits per heavy atom. The molecule has 37 heavy (non-hydrogen) atoms. The number of halogens is 1. The lowest BCUT2D eigenvalue weighted by molar-refractivity contribution is -0.137. The first-order chi connectivity index (χ1) is 17.8. The number of rotatable bonds is 8. The Kier molecular flexibility index (Phi) is 8.87. The minimum absolute atomic E-state index is 0.0151. The number of benzene rings is 1. The molecule has 2 aromatic rings. The number of carbonyl (C=O) groups is 3. The number of hydrogen-bond acceptors (Lipinski definition) is 5. The second-order valence-electron chi connectivity index (χ2n) is 9.93. The van der Waals surface area contributed by atoms with Crippen molar-refractivity contribution in [2.75, 3.05) is 29.6 Å². The van der Waals surface area contributed by atoms with Gasteiger partial charge in [0.05, 0.1) is 11.9 Å². The molecule has 9 nitrogen and oxygen atoms in total. The van der Waals surface area contributed by atoms with E-state index in [-0.39, 0.29) is 29.9 Å². The topological polar surface area (TPSA) is 132 Å². The Bertz CT molecular complexity index is 1140. The van der Waals surface area contributed by atoms with Gasteiger partial charge in [-0.1, -0.05) is 18.9 Å². The van der Waals surface area contributed by atoms with Crippen molar-refractivity contribution in [1.29, 1.82) is 0 Å². The maximum atomic E-state index is 13.0. The highest BCUT2D eigenvalue weighted by Gasteiger charge is 2.40. The van der Waals surface area contributed by atoms with E-state index in [9.17, 15) is 19.5 Å². The molecule has 3 amide bonds. The molecule has 1 saturated carbocycles. The number of aliphatic carboxylic acids is 1. The van der Waals surface area contributed by atoms with Gasteiger partial charge in [-0.05, 0) is 60.8 Å². The predicted molar refractivity (Wildman–Crippen MR) is 141 cm³/mol. The monoisotopic (exact) mass is 528 g/mol. The van der Waals surface area contributed by atoms with Gasteiger partial charge in [-0.3, -0.25) is 14.6 Å². The van der Waals surface area contributed by atoms with Gasteiger partial charge in [-0.15, -0.1) is 11.6 Å². The zero-order chi connectivity index (χ0) is 26.4. The Hall–Kier alpha value is -3.33. The fraction of sp³-hybridized carbons (Fsp3) is 0.481. The number of phenolic OH excluding ortho intramolecular Hbond substituents is 1. The van der Waals surface area contributed by atoms with Crippen LogP contribution in [0.4, 0.5) is 16.2 Å². The van der Waals surface area contributed by atoms with Crippen LogP contribution in [0.3, 0.4) is 0 Å². The number of aryl methyl sites for hydroxylation is 1. The zero-order valence-corrected chi connectivity index (χ0v) is 21.4. The van der Waals surface area contributed by atoms with E-state index in [1.807, 2.05) is 11.0 Å². The number of alkyl halides is 1. The molecule has 1 aromatic carbocycles. The summed E-state index contributed by atoms with van der Waals surface area (Å²) < 4.78 is 0. The molecule has 10 heteroatoms. The average Bonchev–Trinajstić information content (AvgIpc) is 2.87. The van der Waals surface area contributed by atoms with Crippen LogP contribution in [0.15, 0.2) is 36.7 Å². The first-order valence-electron chi connectivity index (χ1n) is 12.7. The van der Waals surface area contributed by atoms with Crippen LogP contribution in [0, 0.1) is 11.8 Å². The molecule has 1 aliphatic carbocycles. The number of pyridine rings is 1. The van der Waals surface area contributed by atoms with Crippen molar-refractivity contribution < 1.29 is 24.6 Å². The molecule has 2 heterocycles. The quantitative estimate of drug-likeness (QED) is 0.363. The molecule has 1 aromatic heterocycles. The summed E-state index contributed by atoms with van der Waals surface area (Å²) in [4.78, 5) is 42.2. The number of piperidine rings is 1. The molecule has 1 aliphatic heterocycles. The first kappa shape index (κ1) is 26.7. The van der Waals surface area contributed by atoms with E-state index in [2.05, 4.69) is 15.6 Å². The van der Waals surface area contributed by atoms with Crippen molar-refractivity contribution in [3.63, 3.8) is 0 Å². The third-order valence-corrected chi connectivity index (χ3v) is 7.65. The van der Waals surface area contributed by atoms with Gasteiger partial charge >= 0.3 is 12.0 Å². The number of phenols is 1. The van der Waals surface area contributed by atoms with E-state index in [0.29, 0.717) is 49.1 Å². The van der Waals surface area contributed by atoms with Crippen LogP contribution in [0.25, 0.3) is 0 Å². The van der Waals surface area contributed by atoms with Crippen LogP contribution < -0.4 is 10.6 Å². The third kappa shape index (κ3) is 6.91. The number of hydrogen-bond donors (Lipinski definition) is 4. The summed E-state index contributed by atoms with van der Waals surface area (Å²) in [6.07, 6.45) is 8.65. The highest BCUT2D eigenvalue weighted by Crippen LogP contribution is 2.46. The second kappa shape index (κ2) is 12.3. The van der Waals surface area contributed by atoms with Crippen molar-refractivity contribution in [2.24, 2.45) is 11.8 Å². The molecular formula is C27H33ClN4O5. The maximum Gasteiger partial charge on any atom is 0.323 e. The number of carbonyl (C=O) groups excluding carboxylic acids is 2. The smallest absolute Gasteiger partial charge is 0.323 e. The SMILES string of the molecule is O=C(O)CCCc1cncc(NC(=O)Nc2cc(O)ccc2C2CN(C(=O)CCl)CC3CCCCC32)c1. The molecule has 0 spiro atoms. The molecule has 2 fully saturated rings. The van der Waals surface area contributed by atoms with Gasteiger partial charge in [0.25, 0.3) is 0 Å². The van der Waals surface area contributed by atoms with Crippen molar-refractivity contribution in [3.05, 3.63) is 47.8 Å². The van der Waals surface area contributed by atoms with Gasteiger partial charge in [0, 0.05) is 43.4 Å². The molecule has 0 radical (unpaired) electrons. The fourth-order valence-corrected chi connectivity index (χ4v) is 5.91. The number of nitrogens with zero attached hydrogens (tertiary/aromatic N) is 2. The number of urea groups is 1. The number of amides is 3. The molecule has 2 aliphatic rings. The van der Waals surface area contributed by atoms with Crippen LogP contribution in [0.5, 0.6) is 5.75 Å². The van der Waals surface area contributed by atoms with E-state index in [4.69, 9.17) is 16.7 Å². The number of anilines is 2. The molecule has 3 unspecified atom stereocenters. The largest absolute Gasteiger partial charge is 0.508 e. The molecule has 198 valence electrons. The average molecular weight is 529 g/mol. The summed E-state index contributed by atoms with van der Waals surface area (Å²) in [5.74, 6) is -0.185. The van der Waals surface area contributed by atoms with E-state index in [1.165, 1.54) is 12.3 Å². The van der Waals surface area contributed by atoms with Crippen molar-refractivity contribution >= 4 is 40.9 Å². The summed E-state index contributed by atoms with van der Waals surface area (Å²) in [6.45, 7) is 1.24. The lowest BCUT2D eigenvalue weighted by atomic mass is 9.67. The zero-order valence-electron chi connectivity index (χ0n) is 20.7. The highest BCUT2D eigenvalue weighted by molar-refractivity contribution is 6.27. The van der Waals surface area contributed by atoms with Gasteiger partial charge in [0.15, 0.2) is 0 Å². The maximum absolute atomic E-state index is 13.0. The number of aromatic nitrogens is 1. The normalized spacial score (nSPS) is 21.1. The minimum Gasteiger partial charge on any atom is -0.508 e. The Labute approximate surface area is 221 Å². The number of carboxylic acid groups (broad SMARTS) is 1. The third-order valence-electron chi connectivity index (χ3n) is 7.42. The van der Waals surface area contributed by atoms with Crippen LogP contribution in [0.2, 0.25) is 0 Å². The Morgan fingerprint density at radius 2 is 1.89 bits per heavy atom. The lowest BCUT2D eigenvalue weighted by Crippen LogP contribution is -2.49. The van der Waals surface area contributed by atoms with Crippen LogP contribution in [0.1, 0.15) is 55.6 Å². The van der Waals surface area contributed by atoms with Crippen LogP contribution >= 0.6 is 11.6 Å². The van der Waals surface area contributed by atoms with Gasteiger partial charge < -0.3 is 25.7 Å². The number of carboxylic acids is 1. The Balaban J connectivity index is 1.51. The summed E-state index contributed by atoms with van der Waals surface area (Å²) in [5, 5.41) is 24.7. The number of aromatic hydroxyl groups is 1. The van der Waals surface area contributed by atoms with Gasteiger partial charge in [0.1, 0.15) is 11.6 Å². The lowest BCUT2D eigenvalue weighted by Gasteiger charge is -2.46. The molecule has 0 bridgehead atoms. The van der Waals surface area contributed by atoms with E-state index >= 15 is 0 Å².